The molecule has 0 aliphatic carbocycles. The van der Waals surface area contributed by atoms with Crippen LogP contribution < -0.4 is 0 Å². The van der Waals surface area contributed by atoms with Gasteiger partial charge in [-0.1, -0.05) is 13.0 Å². The molecule has 1 N–H and O–H groups in total. The number of aromatic hydroxyl groups is 1. The molecular formula is C12H13NO3. The van der Waals surface area contributed by atoms with Crippen LogP contribution in [-0.4, -0.2) is 18.2 Å². The Bertz CT molecular complexity index is 446. The van der Waals surface area contributed by atoms with Gasteiger partial charge < -0.3 is 9.84 Å². The minimum absolute atomic E-state index is 0.0203. The van der Waals surface area contributed by atoms with Crippen LogP contribution in [0.1, 0.15) is 23.6 Å². The van der Waals surface area contributed by atoms with E-state index in [0.717, 1.165) is 5.56 Å². The Morgan fingerprint density at radius 3 is 2.75 bits per heavy atom. The quantitative estimate of drug-likeness (QED) is 0.783. The fourth-order valence-electron chi connectivity index (χ4n) is 1.47. The highest BCUT2D eigenvalue weighted by molar-refractivity contribution is 5.75. The molecule has 0 saturated heterocycles. The average molecular weight is 219 g/mol. The van der Waals surface area contributed by atoms with E-state index >= 15 is 0 Å². The zero-order valence-corrected chi connectivity index (χ0v) is 9.28. The van der Waals surface area contributed by atoms with Crippen LogP contribution in [0.15, 0.2) is 12.1 Å². The van der Waals surface area contributed by atoms with Crippen molar-refractivity contribution in [3.05, 3.63) is 28.8 Å². The Labute approximate surface area is 94.1 Å². The molecule has 0 aliphatic heterocycles. The fourth-order valence-corrected chi connectivity index (χ4v) is 1.47. The summed E-state index contributed by atoms with van der Waals surface area (Å²) in [5, 5.41) is 18.8. The average Bonchev–Trinajstić information content (AvgIpc) is 2.31. The predicted molar refractivity (Wildman–Crippen MR) is 57.9 cm³/mol. The molecule has 1 aromatic carbocycles. The van der Waals surface area contributed by atoms with Crippen LogP contribution in [0.5, 0.6) is 5.75 Å². The highest BCUT2D eigenvalue weighted by Gasteiger charge is 2.15. The molecule has 0 radical (unpaired) electrons. The maximum absolute atomic E-state index is 11.2. The van der Waals surface area contributed by atoms with E-state index in [1.807, 2.05) is 13.0 Å². The largest absolute Gasteiger partial charge is 0.507 e. The van der Waals surface area contributed by atoms with Crippen LogP contribution in [0.2, 0.25) is 0 Å². The van der Waals surface area contributed by atoms with Crippen molar-refractivity contribution in [3.63, 3.8) is 0 Å². The van der Waals surface area contributed by atoms with Crippen molar-refractivity contribution in [2.45, 2.75) is 19.8 Å². The predicted octanol–water partition coefficient (Wildman–Crippen LogP) is 1.54. The van der Waals surface area contributed by atoms with E-state index in [2.05, 4.69) is 4.74 Å². The third-order valence-electron chi connectivity index (χ3n) is 2.42. The second-order valence-electron chi connectivity index (χ2n) is 3.32. The summed E-state index contributed by atoms with van der Waals surface area (Å²) in [6.07, 6.45) is 0.560. The number of phenolic OH excluding ortho intramolecular Hbond substituents is 1. The molecule has 16 heavy (non-hydrogen) atoms. The van der Waals surface area contributed by atoms with Gasteiger partial charge in [-0.05, 0) is 18.1 Å². The van der Waals surface area contributed by atoms with Crippen LogP contribution >= 0.6 is 0 Å². The number of hydrogen-bond acceptors (Lipinski definition) is 4. The summed E-state index contributed by atoms with van der Waals surface area (Å²) in [5.41, 5.74) is 1.37. The highest BCUT2D eigenvalue weighted by Crippen LogP contribution is 2.27. The van der Waals surface area contributed by atoms with E-state index in [1.54, 1.807) is 12.1 Å². The van der Waals surface area contributed by atoms with Gasteiger partial charge in [0, 0.05) is 5.56 Å². The molecule has 0 fully saturated rings. The number of esters is 1. The second-order valence-corrected chi connectivity index (χ2v) is 3.32. The van der Waals surface area contributed by atoms with Crippen molar-refractivity contribution >= 4 is 5.97 Å². The molecule has 4 nitrogen and oxygen atoms in total. The van der Waals surface area contributed by atoms with Crippen LogP contribution in [-0.2, 0) is 22.4 Å². The Morgan fingerprint density at radius 1 is 1.56 bits per heavy atom. The first kappa shape index (κ1) is 12.1. The minimum atomic E-state index is -0.472. The van der Waals surface area contributed by atoms with E-state index in [-0.39, 0.29) is 12.2 Å². The van der Waals surface area contributed by atoms with Gasteiger partial charge in [-0.15, -0.1) is 0 Å². The smallest absolute Gasteiger partial charge is 0.310 e. The number of nitriles is 1. The third-order valence-corrected chi connectivity index (χ3v) is 2.42. The van der Waals surface area contributed by atoms with Gasteiger partial charge in [0.05, 0.1) is 25.2 Å². The van der Waals surface area contributed by atoms with Gasteiger partial charge in [-0.3, -0.25) is 4.79 Å². The van der Waals surface area contributed by atoms with Crippen molar-refractivity contribution in [1.29, 1.82) is 5.26 Å². The number of hydrogen-bond donors (Lipinski definition) is 1. The normalized spacial score (nSPS) is 9.56. The molecule has 0 unspecified atom stereocenters. The summed E-state index contributed by atoms with van der Waals surface area (Å²) in [6.45, 7) is 1.89. The molecule has 1 aromatic rings. The molecule has 0 aromatic heterocycles. The number of nitrogens with zero attached hydrogens (tertiary/aromatic N) is 1. The van der Waals surface area contributed by atoms with Gasteiger partial charge in [0.25, 0.3) is 0 Å². The van der Waals surface area contributed by atoms with Crippen LogP contribution in [0.3, 0.4) is 0 Å². The van der Waals surface area contributed by atoms with Gasteiger partial charge in [0.15, 0.2) is 0 Å². The number of benzene rings is 1. The van der Waals surface area contributed by atoms with Crippen molar-refractivity contribution in [3.8, 4) is 11.8 Å². The second kappa shape index (κ2) is 5.17. The number of rotatable bonds is 3. The molecule has 0 atom stereocenters. The Hall–Kier alpha value is -2.02. The van der Waals surface area contributed by atoms with Gasteiger partial charge in [0.2, 0.25) is 0 Å². The number of aryl methyl sites for hydroxylation is 1. The topological polar surface area (TPSA) is 70.3 Å². The molecule has 0 amide bonds. The lowest BCUT2D eigenvalue weighted by Crippen LogP contribution is -2.07. The zero-order chi connectivity index (χ0) is 12.1. The van der Waals surface area contributed by atoms with Crippen LogP contribution in [0.25, 0.3) is 0 Å². The van der Waals surface area contributed by atoms with E-state index in [9.17, 15) is 9.90 Å². The van der Waals surface area contributed by atoms with Gasteiger partial charge in [0.1, 0.15) is 5.75 Å². The molecule has 0 aliphatic rings. The maximum Gasteiger partial charge on any atom is 0.310 e. The Balaban J connectivity index is 3.22. The lowest BCUT2D eigenvalue weighted by molar-refractivity contribution is -0.139. The first-order valence-electron chi connectivity index (χ1n) is 4.94. The van der Waals surface area contributed by atoms with Gasteiger partial charge in [-0.25, -0.2) is 0 Å². The highest BCUT2D eigenvalue weighted by atomic mass is 16.5. The first-order chi connectivity index (χ1) is 7.63. The van der Waals surface area contributed by atoms with E-state index in [4.69, 9.17) is 5.26 Å². The molecule has 84 valence electrons. The monoisotopic (exact) mass is 219 g/mol. The van der Waals surface area contributed by atoms with Gasteiger partial charge >= 0.3 is 5.97 Å². The van der Waals surface area contributed by atoms with Crippen molar-refractivity contribution in [1.82, 2.24) is 0 Å². The number of methoxy groups -OCH3 is 1. The summed E-state index contributed by atoms with van der Waals surface area (Å²) in [4.78, 5) is 11.2. The number of phenols is 1. The van der Waals surface area contributed by atoms with Crippen molar-refractivity contribution in [2.75, 3.05) is 7.11 Å². The van der Waals surface area contributed by atoms with Gasteiger partial charge in [-0.2, -0.15) is 5.26 Å². The van der Waals surface area contributed by atoms with E-state index in [1.165, 1.54) is 7.11 Å². The lowest BCUT2D eigenvalue weighted by Gasteiger charge is -2.09. The fraction of sp³-hybridized carbons (Fsp3) is 0.333. The summed E-state index contributed by atoms with van der Waals surface area (Å²) in [7, 11) is 1.27. The van der Waals surface area contributed by atoms with Crippen LogP contribution in [0, 0.1) is 11.3 Å². The Morgan fingerprint density at radius 2 is 2.25 bits per heavy atom. The molecule has 1 rings (SSSR count). The van der Waals surface area contributed by atoms with E-state index in [0.29, 0.717) is 17.5 Å². The van der Waals surface area contributed by atoms with E-state index < -0.39 is 5.97 Å². The van der Waals surface area contributed by atoms with Crippen molar-refractivity contribution in [2.24, 2.45) is 0 Å². The molecule has 0 saturated carbocycles. The molecule has 0 bridgehead atoms. The summed E-state index contributed by atoms with van der Waals surface area (Å²) >= 11 is 0. The Kier molecular flexibility index (Phi) is 3.90. The lowest BCUT2D eigenvalue weighted by atomic mass is 9.99. The maximum atomic E-state index is 11.2. The first-order valence-corrected chi connectivity index (χ1v) is 4.94. The summed E-state index contributed by atoms with van der Waals surface area (Å²) < 4.78 is 4.52. The van der Waals surface area contributed by atoms with Crippen molar-refractivity contribution < 1.29 is 14.6 Å². The number of ether oxygens (including phenoxy) is 1. The third kappa shape index (κ3) is 2.31. The number of carbonyl (C=O) groups is 1. The summed E-state index contributed by atoms with van der Waals surface area (Å²) in [6, 6.07) is 5.25. The molecule has 4 heteroatoms. The minimum Gasteiger partial charge on any atom is -0.507 e. The molecular weight excluding hydrogens is 206 g/mol. The SMILES string of the molecule is CCc1ccc(C#N)c(CC(=O)OC)c1O. The molecule has 0 spiro atoms. The molecule has 0 heterocycles. The van der Waals surface area contributed by atoms with Crippen LogP contribution in [0.4, 0.5) is 0 Å². The zero-order valence-electron chi connectivity index (χ0n) is 9.28. The summed E-state index contributed by atoms with van der Waals surface area (Å²) in [5.74, 6) is -0.452. The standard InChI is InChI=1S/C12H13NO3/c1-3-8-4-5-9(7-13)10(12(8)15)6-11(14)16-2/h4-5,15H,3,6H2,1-2H3. The number of carbonyl (C=O) groups excluding carboxylic acids is 1.